The van der Waals surface area contributed by atoms with Crippen LogP contribution in [0.15, 0.2) is 45.4 Å². The van der Waals surface area contributed by atoms with Gasteiger partial charge >= 0.3 is 26.2 Å². The summed E-state index contributed by atoms with van der Waals surface area (Å²) in [6.45, 7) is 12.9. The van der Waals surface area contributed by atoms with Crippen molar-refractivity contribution in [2.24, 2.45) is 5.92 Å². The number of rotatable bonds is 1. The average Bonchev–Trinajstić information content (AvgIpc) is 3.22. The maximum Gasteiger partial charge on any atom is 4.00 e. The third-order valence-electron chi connectivity index (χ3n) is 5.81. The van der Waals surface area contributed by atoms with Crippen LogP contribution in [0.5, 0.6) is 0 Å². The van der Waals surface area contributed by atoms with Crippen molar-refractivity contribution in [2.45, 2.75) is 66.7 Å². The van der Waals surface area contributed by atoms with Gasteiger partial charge in [0.15, 0.2) is 0 Å². The van der Waals surface area contributed by atoms with Gasteiger partial charge in [-0.3, -0.25) is 6.08 Å². The Morgan fingerprint density at radius 2 is 1.75 bits per heavy atom. The molecule has 0 N–H and O–H groups in total. The minimum atomic E-state index is 0. The van der Waals surface area contributed by atoms with Gasteiger partial charge in [0.05, 0.1) is 5.76 Å². The largest absolute Gasteiger partial charge is 4.00 e. The van der Waals surface area contributed by atoms with Crippen molar-refractivity contribution in [2.75, 3.05) is 0 Å². The van der Waals surface area contributed by atoms with Crippen molar-refractivity contribution in [3.05, 3.63) is 75.3 Å². The molecule has 0 radical (unpaired) electrons. The van der Waals surface area contributed by atoms with Crippen LogP contribution in [0.3, 0.4) is 0 Å². The first-order valence-electron chi connectivity index (χ1n) is 9.47. The van der Waals surface area contributed by atoms with Crippen molar-refractivity contribution in [3.63, 3.8) is 0 Å². The summed E-state index contributed by atoms with van der Waals surface area (Å²) < 4.78 is 5.79. The molecule has 0 amide bonds. The molecule has 4 heteroatoms. The first kappa shape index (κ1) is 27.6. The fourth-order valence-electron chi connectivity index (χ4n) is 4.03. The monoisotopic (exact) mass is 494 g/mol. The van der Waals surface area contributed by atoms with Crippen molar-refractivity contribution < 1.29 is 55.4 Å². The summed E-state index contributed by atoms with van der Waals surface area (Å²) in [4.78, 5) is 0. The molecule has 150 valence electrons. The van der Waals surface area contributed by atoms with E-state index in [-0.39, 0.29) is 51.0 Å². The molecule has 0 saturated heterocycles. The van der Waals surface area contributed by atoms with E-state index in [1.54, 1.807) is 0 Å². The number of allylic oxidation sites excluding steroid dienone is 4. The number of hydrogen-bond donors (Lipinski definition) is 0. The van der Waals surface area contributed by atoms with Crippen molar-refractivity contribution in [1.82, 2.24) is 0 Å². The van der Waals surface area contributed by atoms with E-state index in [1.165, 1.54) is 52.7 Å². The molecule has 2 aromatic rings. The van der Waals surface area contributed by atoms with E-state index in [9.17, 15) is 0 Å². The third kappa shape index (κ3) is 6.04. The average molecular weight is 497 g/mol. The summed E-state index contributed by atoms with van der Waals surface area (Å²) in [6, 6.07) is 8.87. The Hall–Kier alpha value is -0.427. The smallest absolute Gasteiger partial charge is 1.00 e. The Balaban J connectivity index is 0.000000533. The number of halogens is 2. The maximum atomic E-state index is 5.79. The van der Waals surface area contributed by atoms with Crippen molar-refractivity contribution >= 4 is 0 Å². The molecule has 2 aliphatic rings. The van der Waals surface area contributed by atoms with E-state index in [0.717, 1.165) is 11.5 Å². The minimum absolute atomic E-state index is 0. The number of furan rings is 1. The Kier molecular flexibility index (Phi) is 11.5. The Labute approximate surface area is 202 Å². The second-order valence-electron chi connectivity index (χ2n) is 7.71. The molecule has 0 fully saturated rings. The Morgan fingerprint density at radius 1 is 1.07 bits per heavy atom. The Bertz CT molecular complexity index is 826. The summed E-state index contributed by atoms with van der Waals surface area (Å²) in [6.07, 6.45) is 7.10. The first-order chi connectivity index (χ1) is 11.9. The molecule has 4 rings (SSSR count). The van der Waals surface area contributed by atoms with Gasteiger partial charge in [0.25, 0.3) is 0 Å². The van der Waals surface area contributed by atoms with Crippen LogP contribution in [0, 0.1) is 25.8 Å². The number of fused-ring (bicyclic) bond motifs is 1. The van der Waals surface area contributed by atoms with Gasteiger partial charge in [0.1, 0.15) is 5.76 Å². The molecule has 0 saturated carbocycles. The van der Waals surface area contributed by atoms with E-state index in [1.807, 2.05) is 6.92 Å². The van der Waals surface area contributed by atoms with Crippen LogP contribution in [0.2, 0.25) is 0 Å². The molecule has 2 atom stereocenters. The first-order valence-corrected chi connectivity index (χ1v) is 9.47. The topological polar surface area (TPSA) is 13.1 Å². The van der Waals surface area contributed by atoms with Gasteiger partial charge in [-0.15, -0.1) is 6.92 Å². The minimum Gasteiger partial charge on any atom is -1.00 e. The van der Waals surface area contributed by atoms with Gasteiger partial charge in [-0.2, -0.15) is 33.9 Å². The normalized spacial score (nSPS) is 20.0. The molecule has 0 bridgehead atoms. The molecule has 2 aliphatic carbocycles. The van der Waals surface area contributed by atoms with Crippen LogP contribution in [-0.2, 0) is 32.6 Å². The quantitative estimate of drug-likeness (QED) is 0.533. The zero-order valence-electron chi connectivity index (χ0n) is 17.7. The van der Waals surface area contributed by atoms with E-state index in [0.29, 0.717) is 11.8 Å². The molecule has 1 aromatic carbocycles. The van der Waals surface area contributed by atoms with Gasteiger partial charge < -0.3 is 29.2 Å². The predicted octanol–water partition coefficient (Wildman–Crippen LogP) is 0.811. The van der Waals surface area contributed by atoms with Crippen molar-refractivity contribution in [3.8, 4) is 0 Å². The van der Waals surface area contributed by atoms with Gasteiger partial charge in [-0.25, -0.2) is 11.6 Å². The molecular weight excluding hydrogens is 466 g/mol. The van der Waals surface area contributed by atoms with Gasteiger partial charge in [-0.1, -0.05) is 52.9 Å². The molecule has 1 heterocycles. The Morgan fingerprint density at radius 3 is 2.21 bits per heavy atom. The fraction of sp³-hybridized carbons (Fsp3) is 0.458. The number of hydrogen-bond acceptors (Lipinski definition) is 1. The van der Waals surface area contributed by atoms with Gasteiger partial charge in [0, 0.05) is 0 Å². The summed E-state index contributed by atoms with van der Waals surface area (Å²) in [5, 5.41) is 0. The molecule has 0 aliphatic heterocycles. The van der Waals surface area contributed by atoms with E-state index in [2.05, 4.69) is 65.0 Å². The second kappa shape index (κ2) is 11.7. The molecule has 1 nitrogen and oxygen atoms in total. The maximum absolute atomic E-state index is 5.79. The van der Waals surface area contributed by atoms with E-state index >= 15 is 0 Å². The van der Waals surface area contributed by atoms with Crippen molar-refractivity contribution in [1.29, 1.82) is 0 Å². The summed E-state index contributed by atoms with van der Waals surface area (Å²) >= 11 is 0. The van der Waals surface area contributed by atoms with Crippen LogP contribution in [-0.4, -0.2) is 0 Å². The zero-order chi connectivity index (χ0) is 18.1. The summed E-state index contributed by atoms with van der Waals surface area (Å²) in [7, 11) is 0. The summed E-state index contributed by atoms with van der Waals surface area (Å²) in [5.41, 5.74) is 8.66. The van der Waals surface area contributed by atoms with E-state index in [4.69, 9.17) is 4.42 Å². The van der Waals surface area contributed by atoms with Crippen LogP contribution in [0.25, 0.3) is 0 Å². The van der Waals surface area contributed by atoms with Crippen LogP contribution in [0.1, 0.15) is 74.7 Å². The molecule has 28 heavy (non-hydrogen) atoms. The van der Waals surface area contributed by atoms with E-state index < -0.39 is 0 Å². The molecular formula is C24H30Cl2OZr. The van der Waals surface area contributed by atoms with Crippen LogP contribution in [0.4, 0.5) is 0 Å². The number of aryl methyl sites for hydroxylation is 3. The molecule has 0 spiro atoms. The SMILES string of the molecule is CC1=[C-]C(C)C(C)=C1C.Cc1cc2c([cH-]1)CCCC2c1ccc(C)o1.[Cl-].[Cl-].[Zr+4]. The predicted molar refractivity (Wildman–Crippen MR) is 105 cm³/mol. The van der Waals surface area contributed by atoms with Gasteiger partial charge in [-0.05, 0) is 25.0 Å². The standard InChI is InChI=1S/C15H17O.C9H13.2ClH.Zr/c1-10-8-12-4-3-5-13(14(12)9-10)15-7-6-11(2)16-15;1-6-5-7(2)9(4)8(6)3;;;/h6-9,13H,3-5H2,1-2H3;6H,1-4H3;2*1H;/q2*-1;;;+4/p-2. The summed E-state index contributed by atoms with van der Waals surface area (Å²) in [5.74, 6) is 3.21. The third-order valence-corrected chi connectivity index (χ3v) is 5.81. The van der Waals surface area contributed by atoms with Gasteiger partial charge in [0.2, 0.25) is 0 Å². The molecule has 2 unspecified atom stereocenters. The van der Waals surface area contributed by atoms with Crippen LogP contribution >= 0.6 is 0 Å². The second-order valence-corrected chi connectivity index (χ2v) is 7.71. The zero-order valence-corrected chi connectivity index (χ0v) is 21.7. The molecule has 1 aromatic heterocycles. The fourth-order valence-corrected chi connectivity index (χ4v) is 4.03. The van der Waals surface area contributed by atoms with Crippen LogP contribution < -0.4 is 24.8 Å².